The lowest BCUT2D eigenvalue weighted by atomic mass is 9.84. The zero-order valence-corrected chi connectivity index (χ0v) is 10.6. The van der Waals surface area contributed by atoms with Crippen LogP contribution in [0.25, 0.3) is 0 Å². The van der Waals surface area contributed by atoms with Gasteiger partial charge < -0.3 is 10.0 Å². The molecular weight excluding hydrogens is 202 g/mol. The highest BCUT2D eigenvalue weighted by atomic mass is 16.4. The Labute approximate surface area is 98.8 Å². The van der Waals surface area contributed by atoms with Gasteiger partial charge in [-0.1, -0.05) is 26.2 Å². The maximum absolute atomic E-state index is 10.6. The van der Waals surface area contributed by atoms with Gasteiger partial charge in [-0.25, -0.2) is 0 Å². The van der Waals surface area contributed by atoms with E-state index in [2.05, 4.69) is 18.7 Å². The van der Waals surface area contributed by atoms with Crippen molar-refractivity contribution < 1.29 is 9.90 Å². The molecule has 1 saturated carbocycles. The monoisotopic (exact) mass is 227 g/mol. The average molecular weight is 227 g/mol. The average Bonchev–Trinajstić information content (AvgIpc) is 2.30. The zero-order valence-electron chi connectivity index (χ0n) is 10.6. The molecule has 1 aliphatic carbocycles. The lowest BCUT2D eigenvalue weighted by Gasteiger charge is -2.35. The number of hydrogen-bond acceptors (Lipinski definition) is 2. The van der Waals surface area contributed by atoms with Crippen LogP contribution in [0.3, 0.4) is 0 Å². The van der Waals surface area contributed by atoms with Crippen molar-refractivity contribution in [2.45, 2.75) is 58.4 Å². The summed E-state index contributed by atoms with van der Waals surface area (Å²) in [6, 6.07) is 0.546. The van der Waals surface area contributed by atoms with Crippen LogP contribution in [0.1, 0.15) is 52.4 Å². The minimum atomic E-state index is -0.686. The summed E-state index contributed by atoms with van der Waals surface area (Å²) in [4.78, 5) is 12.9. The third kappa shape index (κ3) is 4.12. The molecule has 1 atom stereocenters. The van der Waals surface area contributed by atoms with Gasteiger partial charge >= 0.3 is 5.97 Å². The molecule has 94 valence electrons. The number of carboxylic acids is 1. The van der Waals surface area contributed by atoms with E-state index in [0.717, 1.165) is 12.5 Å². The van der Waals surface area contributed by atoms with Crippen molar-refractivity contribution in [2.75, 3.05) is 13.1 Å². The zero-order chi connectivity index (χ0) is 12.0. The van der Waals surface area contributed by atoms with Gasteiger partial charge in [-0.3, -0.25) is 4.79 Å². The van der Waals surface area contributed by atoms with Crippen LogP contribution in [0.2, 0.25) is 0 Å². The van der Waals surface area contributed by atoms with Crippen molar-refractivity contribution in [3.05, 3.63) is 0 Å². The van der Waals surface area contributed by atoms with E-state index in [0.29, 0.717) is 12.6 Å². The van der Waals surface area contributed by atoms with Gasteiger partial charge in [0.15, 0.2) is 0 Å². The molecule has 16 heavy (non-hydrogen) atoms. The van der Waals surface area contributed by atoms with Crippen molar-refractivity contribution in [1.29, 1.82) is 0 Å². The van der Waals surface area contributed by atoms with Crippen LogP contribution in [-0.4, -0.2) is 35.1 Å². The highest BCUT2D eigenvalue weighted by molar-refractivity contribution is 5.66. The van der Waals surface area contributed by atoms with Gasteiger partial charge in [0.05, 0.1) is 6.42 Å². The summed E-state index contributed by atoms with van der Waals surface area (Å²) in [5.74, 6) is 0.0942. The van der Waals surface area contributed by atoms with Crippen LogP contribution in [0.4, 0.5) is 0 Å². The molecule has 0 spiro atoms. The molecule has 0 bridgehead atoms. The van der Waals surface area contributed by atoms with Crippen LogP contribution in [0.15, 0.2) is 0 Å². The molecule has 3 heteroatoms. The number of carbonyl (C=O) groups is 1. The third-order valence-electron chi connectivity index (χ3n) is 3.93. The first kappa shape index (κ1) is 13.5. The molecule has 0 heterocycles. The predicted molar refractivity (Wildman–Crippen MR) is 65.5 cm³/mol. The Morgan fingerprint density at radius 2 is 2.00 bits per heavy atom. The van der Waals surface area contributed by atoms with Gasteiger partial charge in [-0.05, 0) is 32.2 Å². The second kappa shape index (κ2) is 6.89. The molecule has 0 radical (unpaired) electrons. The lowest BCUT2D eigenvalue weighted by Crippen LogP contribution is -2.40. The Morgan fingerprint density at radius 3 is 2.50 bits per heavy atom. The van der Waals surface area contributed by atoms with Gasteiger partial charge in [0.1, 0.15) is 0 Å². The quantitative estimate of drug-likeness (QED) is 0.758. The minimum Gasteiger partial charge on any atom is -0.481 e. The normalized spacial score (nSPS) is 19.9. The number of nitrogens with zero attached hydrogens (tertiary/aromatic N) is 1. The summed E-state index contributed by atoms with van der Waals surface area (Å²) < 4.78 is 0. The first-order valence-electron chi connectivity index (χ1n) is 6.61. The smallest absolute Gasteiger partial charge is 0.304 e. The summed E-state index contributed by atoms with van der Waals surface area (Å²) >= 11 is 0. The SMILES string of the molecule is CCN(CCC(=O)O)C(C)C1CCCCC1. The van der Waals surface area contributed by atoms with Crippen LogP contribution in [0.5, 0.6) is 0 Å². The van der Waals surface area contributed by atoms with Crippen LogP contribution in [-0.2, 0) is 4.79 Å². The summed E-state index contributed by atoms with van der Waals surface area (Å²) in [6.45, 7) is 6.05. The molecule has 0 aliphatic heterocycles. The number of hydrogen-bond donors (Lipinski definition) is 1. The summed E-state index contributed by atoms with van der Waals surface area (Å²) in [5, 5.41) is 8.72. The van der Waals surface area contributed by atoms with Gasteiger partial charge in [0.25, 0.3) is 0 Å². The van der Waals surface area contributed by atoms with E-state index in [1.165, 1.54) is 32.1 Å². The number of rotatable bonds is 6. The topological polar surface area (TPSA) is 40.5 Å². The predicted octanol–water partition coefficient (Wildman–Crippen LogP) is 2.75. The Bertz CT molecular complexity index is 212. The van der Waals surface area contributed by atoms with E-state index < -0.39 is 5.97 Å². The molecule has 1 fully saturated rings. The second-order valence-corrected chi connectivity index (χ2v) is 4.91. The summed E-state index contributed by atoms with van der Waals surface area (Å²) in [6.07, 6.45) is 7.00. The molecule has 0 amide bonds. The second-order valence-electron chi connectivity index (χ2n) is 4.91. The molecule has 0 aromatic heterocycles. The molecule has 0 aromatic rings. The Kier molecular flexibility index (Phi) is 5.81. The Balaban J connectivity index is 2.40. The maximum atomic E-state index is 10.6. The largest absolute Gasteiger partial charge is 0.481 e. The number of carboxylic acid groups (broad SMARTS) is 1. The molecule has 0 aromatic carbocycles. The fourth-order valence-corrected chi connectivity index (χ4v) is 2.80. The minimum absolute atomic E-state index is 0.269. The molecule has 0 saturated heterocycles. The highest BCUT2D eigenvalue weighted by Crippen LogP contribution is 2.28. The third-order valence-corrected chi connectivity index (χ3v) is 3.93. The van der Waals surface area contributed by atoms with Gasteiger partial charge in [-0.2, -0.15) is 0 Å². The van der Waals surface area contributed by atoms with Crippen molar-refractivity contribution in [1.82, 2.24) is 4.90 Å². The molecule has 1 N–H and O–H groups in total. The van der Waals surface area contributed by atoms with E-state index in [-0.39, 0.29) is 6.42 Å². The lowest BCUT2D eigenvalue weighted by molar-refractivity contribution is -0.137. The Hall–Kier alpha value is -0.570. The van der Waals surface area contributed by atoms with Gasteiger partial charge in [0, 0.05) is 12.6 Å². The van der Waals surface area contributed by atoms with Gasteiger partial charge in [-0.15, -0.1) is 0 Å². The van der Waals surface area contributed by atoms with E-state index in [9.17, 15) is 4.79 Å². The molecule has 1 aliphatic rings. The number of aliphatic carboxylic acids is 1. The summed E-state index contributed by atoms with van der Waals surface area (Å²) in [5.41, 5.74) is 0. The van der Waals surface area contributed by atoms with E-state index >= 15 is 0 Å². The van der Waals surface area contributed by atoms with E-state index in [4.69, 9.17) is 5.11 Å². The van der Waals surface area contributed by atoms with Crippen molar-refractivity contribution in [3.8, 4) is 0 Å². The summed E-state index contributed by atoms with van der Waals surface area (Å²) in [7, 11) is 0. The molecule has 1 unspecified atom stereocenters. The van der Waals surface area contributed by atoms with Crippen LogP contribution >= 0.6 is 0 Å². The maximum Gasteiger partial charge on any atom is 0.304 e. The van der Waals surface area contributed by atoms with Crippen molar-refractivity contribution in [2.24, 2.45) is 5.92 Å². The molecule has 3 nitrogen and oxygen atoms in total. The van der Waals surface area contributed by atoms with E-state index in [1.807, 2.05) is 0 Å². The first-order chi connectivity index (χ1) is 7.65. The van der Waals surface area contributed by atoms with Crippen molar-refractivity contribution in [3.63, 3.8) is 0 Å². The molecule has 1 rings (SSSR count). The van der Waals surface area contributed by atoms with Crippen molar-refractivity contribution >= 4 is 5.97 Å². The van der Waals surface area contributed by atoms with Crippen LogP contribution < -0.4 is 0 Å². The fraction of sp³-hybridized carbons (Fsp3) is 0.923. The first-order valence-corrected chi connectivity index (χ1v) is 6.61. The highest BCUT2D eigenvalue weighted by Gasteiger charge is 2.24. The van der Waals surface area contributed by atoms with E-state index in [1.54, 1.807) is 0 Å². The Morgan fingerprint density at radius 1 is 1.38 bits per heavy atom. The van der Waals surface area contributed by atoms with Crippen LogP contribution in [0, 0.1) is 5.92 Å². The van der Waals surface area contributed by atoms with Gasteiger partial charge in [0.2, 0.25) is 0 Å². The molecular formula is C13H25NO2. The standard InChI is InChI=1S/C13H25NO2/c1-3-14(10-9-13(15)16)11(2)12-7-5-4-6-8-12/h11-12H,3-10H2,1-2H3,(H,15,16). The fourth-order valence-electron chi connectivity index (χ4n) is 2.80.